The van der Waals surface area contributed by atoms with Crippen LogP contribution in [0.4, 0.5) is 0 Å². The molecule has 1 aromatic rings. The van der Waals surface area contributed by atoms with E-state index in [1.165, 1.54) is 24.8 Å². The highest BCUT2D eigenvalue weighted by molar-refractivity contribution is 6.74. The second-order valence-electron chi connectivity index (χ2n) is 10.2. The summed E-state index contributed by atoms with van der Waals surface area (Å²) in [4.78, 5) is 0. The third-order valence-electron chi connectivity index (χ3n) is 5.83. The van der Waals surface area contributed by atoms with Gasteiger partial charge >= 0.3 is 0 Å². The van der Waals surface area contributed by atoms with Gasteiger partial charge in [0.2, 0.25) is 0 Å². The van der Waals surface area contributed by atoms with Crippen molar-refractivity contribution in [3.8, 4) is 0 Å². The van der Waals surface area contributed by atoms with Crippen LogP contribution in [-0.4, -0.2) is 21.0 Å². The molecule has 0 saturated heterocycles. The maximum Gasteiger partial charge on any atom is 0.192 e. The molecule has 1 rings (SSSR count). The first-order valence-corrected chi connectivity index (χ1v) is 13.7. The zero-order chi connectivity index (χ0) is 20.5. The van der Waals surface area contributed by atoms with Gasteiger partial charge in [0.05, 0.1) is 19.3 Å². The van der Waals surface area contributed by atoms with Gasteiger partial charge in [0.25, 0.3) is 0 Å². The number of benzene rings is 1. The molecular formula is C24H44O2Si. The van der Waals surface area contributed by atoms with Crippen LogP contribution in [0.5, 0.6) is 0 Å². The van der Waals surface area contributed by atoms with E-state index in [4.69, 9.17) is 9.16 Å². The molecule has 0 heterocycles. The lowest BCUT2D eigenvalue weighted by Crippen LogP contribution is -2.45. The fraction of sp³-hybridized carbons (Fsp3) is 0.750. The first kappa shape index (κ1) is 24.4. The van der Waals surface area contributed by atoms with Gasteiger partial charge in [-0.05, 0) is 42.0 Å². The number of rotatable bonds is 12. The molecule has 156 valence electrons. The molecule has 0 N–H and O–H groups in total. The average molecular weight is 393 g/mol. The Hall–Kier alpha value is -0.643. The molecular weight excluding hydrogens is 348 g/mol. The molecule has 27 heavy (non-hydrogen) atoms. The van der Waals surface area contributed by atoms with Crippen molar-refractivity contribution < 1.29 is 9.16 Å². The normalized spacial score (nSPS) is 15.1. The Kier molecular flexibility index (Phi) is 10.3. The van der Waals surface area contributed by atoms with Crippen molar-refractivity contribution in [2.45, 2.75) is 98.1 Å². The second-order valence-corrected chi connectivity index (χ2v) is 14.9. The predicted octanol–water partition coefficient (Wildman–Crippen LogP) is 7.45. The molecule has 0 aliphatic rings. The number of hydrogen-bond donors (Lipinski definition) is 0. The van der Waals surface area contributed by atoms with Gasteiger partial charge in [0, 0.05) is 0 Å². The molecule has 0 aromatic heterocycles. The van der Waals surface area contributed by atoms with Gasteiger partial charge in [-0.25, -0.2) is 0 Å². The molecule has 0 fully saturated rings. The van der Waals surface area contributed by atoms with E-state index >= 15 is 0 Å². The van der Waals surface area contributed by atoms with Crippen molar-refractivity contribution in [3.05, 3.63) is 35.9 Å². The zero-order valence-electron chi connectivity index (χ0n) is 19.2. The van der Waals surface area contributed by atoms with Crippen LogP contribution in [0.2, 0.25) is 18.1 Å². The lowest BCUT2D eigenvalue weighted by Gasteiger charge is -2.40. The highest BCUT2D eigenvalue weighted by Crippen LogP contribution is 2.38. The van der Waals surface area contributed by atoms with Gasteiger partial charge in [-0.3, -0.25) is 0 Å². The number of ether oxygens (including phenoxy) is 1. The lowest BCUT2D eigenvalue weighted by atomic mass is 9.95. The highest BCUT2D eigenvalue weighted by Gasteiger charge is 2.39. The maximum atomic E-state index is 6.75. The van der Waals surface area contributed by atoms with Crippen LogP contribution in [0.15, 0.2) is 30.3 Å². The molecule has 0 radical (unpaired) electrons. The minimum absolute atomic E-state index is 0.198. The molecule has 0 saturated carbocycles. The van der Waals surface area contributed by atoms with Crippen LogP contribution in [-0.2, 0) is 15.8 Å². The van der Waals surface area contributed by atoms with E-state index in [1.54, 1.807) is 0 Å². The van der Waals surface area contributed by atoms with Crippen molar-refractivity contribution in [2.75, 3.05) is 6.61 Å². The van der Waals surface area contributed by atoms with Gasteiger partial charge in [-0.1, -0.05) is 91.1 Å². The van der Waals surface area contributed by atoms with Crippen molar-refractivity contribution in [2.24, 2.45) is 11.8 Å². The van der Waals surface area contributed by atoms with Crippen LogP contribution in [0.25, 0.3) is 0 Å². The monoisotopic (exact) mass is 392 g/mol. The van der Waals surface area contributed by atoms with E-state index in [-0.39, 0.29) is 11.1 Å². The molecule has 0 amide bonds. The summed E-state index contributed by atoms with van der Waals surface area (Å²) in [5.74, 6) is 1.48. The number of hydrogen-bond acceptors (Lipinski definition) is 2. The minimum Gasteiger partial charge on any atom is -0.412 e. The van der Waals surface area contributed by atoms with Gasteiger partial charge in [0.1, 0.15) is 0 Å². The molecule has 2 atom stereocenters. The molecule has 3 heteroatoms. The molecule has 0 spiro atoms. The Morgan fingerprint density at radius 2 is 1.59 bits per heavy atom. The van der Waals surface area contributed by atoms with Crippen LogP contribution in [0.3, 0.4) is 0 Å². The molecule has 0 bridgehead atoms. The van der Waals surface area contributed by atoms with Crippen LogP contribution in [0.1, 0.15) is 72.8 Å². The summed E-state index contributed by atoms with van der Waals surface area (Å²) in [5.41, 5.74) is 1.23. The van der Waals surface area contributed by atoms with Crippen molar-refractivity contribution >= 4 is 8.32 Å². The predicted molar refractivity (Wildman–Crippen MR) is 121 cm³/mol. The first-order chi connectivity index (χ1) is 12.5. The SMILES string of the molecule is CC(C)CCC[C@@H](C)C[C@H](COCc1ccccc1)O[Si](C)(C)C(C)(C)C. The summed E-state index contributed by atoms with van der Waals surface area (Å²) in [7, 11) is -1.79. The fourth-order valence-electron chi connectivity index (χ4n) is 3.07. The van der Waals surface area contributed by atoms with E-state index in [0.717, 1.165) is 12.3 Å². The van der Waals surface area contributed by atoms with Crippen molar-refractivity contribution in [1.29, 1.82) is 0 Å². The zero-order valence-corrected chi connectivity index (χ0v) is 20.2. The summed E-state index contributed by atoms with van der Waals surface area (Å²) >= 11 is 0. The third-order valence-corrected chi connectivity index (χ3v) is 10.4. The molecule has 1 aromatic carbocycles. The van der Waals surface area contributed by atoms with Crippen LogP contribution >= 0.6 is 0 Å². The smallest absolute Gasteiger partial charge is 0.192 e. The molecule has 2 nitrogen and oxygen atoms in total. The van der Waals surface area contributed by atoms with Crippen LogP contribution < -0.4 is 0 Å². The Morgan fingerprint density at radius 3 is 2.15 bits per heavy atom. The molecule has 0 aliphatic heterocycles. The third kappa shape index (κ3) is 9.91. The average Bonchev–Trinajstić information content (AvgIpc) is 2.54. The summed E-state index contributed by atoms with van der Waals surface area (Å²) < 4.78 is 12.8. The second kappa shape index (κ2) is 11.4. The van der Waals surface area contributed by atoms with Gasteiger partial charge in [0.15, 0.2) is 8.32 Å². The minimum atomic E-state index is -1.79. The van der Waals surface area contributed by atoms with Crippen molar-refractivity contribution in [3.63, 3.8) is 0 Å². The standard InChI is InChI=1S/C24H44O2Si/c1-20(2)13-12-14-21(3)17-23(26-27(7,8)24(4,5)6)19-25-18-22-15-10-9-11-16-22/h9-11,15-16,20-21,23H,12-14,17-19H2,1-8H3/t21-,23-/m1/s1. The molecule has 0 aliphatic carbocycles. The topological polar surface area (TPSA) is 18.5 Å². The summed E-state index contributed by atoms with van der Waals surface area (Å²) in [6.07, 6.45) is 5.22. The summed E-state index contributed by atoms with van der Waals surface area (Å²) in [6.45, 7) is 20.0. The van der Waals surface area contributed by atoms with Gasteiger partial charge in [-0.15, -0.1) is 0 Å². The Morgan fingerprint density at radius 1 is 0.963 bits per heavy atom. The maximum absolute atomic E-state index is 6.75. The highest BCUT2D eigenvalue weighted by atomic mass is 28.4. The quantitative estimate of drug-likeness (QED) is 0.344. The Balaban J connectivity index is 2.62. The lowest BCUT2D eigenvalue weighted by molar-refractivity contribution is 0.0232. The van der Waals surface area contributed by atoms with E-state index in [1.807, 2.05) is 6.07 Å². The van der Waals surface area contributed by atoms with E-state index in [2.05, 4.69) is 78.9 Å². The fourth-order valence-corrected chi connectivity index (χ4v) is 4.42. The largest absolute Gasteiger partial charge is 0.412 e. The Labute approximate surface area is 170 Å². The molecule has 0 unspecified atom stereocenters. The summed E-state index contributed by atoms with van der Waals surface area (Å²) in [6, 6.07) is 10.4. The Bertz CT molecular complexity index is 505. The van der Waals surface area contributed by atoms with Gasteiger partial charge < -0.3 is 9.16 Å². The first-order valence-electron chi connectivity index (χ1n) is 10.8. The van der Waals surface area contributed by atoms with E-state index < -0.39 is 8.32 Å². The van der Waals surface area contributed by atoms with E-state index in [9.17, 15) is 0 Å². The van der Waals surface area contributed by atoms with Crippen LogP contribution in [0, 0.1) is 11.8 Å². The summed E-state index contributed by atoms with van der Waals surface area (Å²) in [5, 5.41) is 0.228. The van der Waals surface area contributed by atoms with Crippen molar-refractivity contribution in [1.82, 2.24) is 0 Å². The van der Waals surface area contributed by atoms with E-state index in [0.29, 0.717) is 19.1 Å². The van der Waals surface area contributed by atoms with Gasteiger partial charge in [-0.2, -0.15) is 0 Å².